The minimum atomic E-state index is -0.339. The number of thiazole rings is 1. The predicted molar refractivity (Wildman–Crippen MR) is 138 cm³/mol. The molecular formula is C25H23N7O4S. The van der Waals surface area contributed by atoms with E-state index in [0.717, 1.165) is 16.7 Å². The molecule has 0 aliphatic carbocycles. The second-order valence-corrected chi connectivity index (χ2v) is 9.32. The molecule has 4 heterocycles. The first-order chi connectivity index (χ1) is 17.8. The Labute approximate surface area is 215 Å². The lowest BCUT2D eigenvalue weighted by atomic mass is 10.1. The molecular weight excluding hydrogens is 494 g/mol. The monoisotopic (exact) mass is 517 g/mol. The zero-order valence-electron chi connectivity index (χ0n) is 20.3. The summed E-state index contributed by atoms with van der Waals surface area (Å²) in [4.78, 5) is 39.3. The number of rotatable bonds is 7. The van der Waals surface area contributed by atoms with Crippen molar-refractivity contribution in [2.45, 2.75) is 20.8 Å². The SMILES string of the molecule is Cc1nc(-c2ccc(C)c(NC(=O)c3cnc4ccc(-c5nc(C)c(C(=O)NCCO)s5)cn34)c2)no1. The van der Waals surface area contributed by atoms with E-state index in [1.165, 1.54) is 17.5 Å². The summed E-state index contributed by atoms with van der Waals surface area (Å²) in [6.45, 7) is 5.40. The summed E-state index contributed by atoms with van der Waals surface area (Å²) >= 11 is 1.24. The average molecular weight is 518 g/mol. The minimum absolute atomic E-state index is 0.140. The van der Waals surface area contributed by atoms with Gasteiger partial charge in [-0.1, -0.05) is 17.3 Å². The van der Waals surface area contributed by atoms with Crippen molar-refractivity contribution in [3.05, 3.63) is 70.4 Å². The van der Waals surface area contributed by atoms with Crippen molar-refractivity contribution in [3.63, 3.8) is 0 Å². The second-order valence-electron chi connectivity index (χ2n) is 8.32. The fourth-order valence-electron chi connectivity index (χ4n) is 3.75. The van der Waals surface area contributed by atoms with Crippen molar-refractivity contribution >= 4 is 34.5 Å². The average Bonchev–Trinajstić information content (AvgIpc) is 3.61. The first-order valence-corrected chi connectivity index (χ1v) is 12.2. The van der Waals surface area contributed by atoms with E-state index in [4.69, 9.17) is 9.63 Å². The molecule has 2 amide bonds. The largest absolute Gasteiger partial charge is 0.395 e. The van der Waals surface area contributed by atoms with E-state index >= 15 is 0 Å². The van der Waals surface area contributed by atoms with Crippen LogP contribution in [0.2, 0.25) is 0 Å². The highest BCUT2D eigenvalue weighted by Crippen LogP contribution is 2.29. The van der Waals surface area contributed by atoms with E-state index in [1.54, 1.807) is 36.6 Å². The molecule has 0 aliphatic heterocycles. The summed E-state index contributed by atoms with van der Waals surface area (Å²) in [6, 6.07) is 9.18. The molecule has 12 heteroatoms. The topological polar surface area (TPSA) is 148 Å². The van der Waals surface area contributed by atoms with Crippen LogP contribution in [0.3, 0.4) is 0 Å². The van der Waals surface area contributed by atoms with Gasteiger partial charge in [-0.2, -0.15) is 4.98 Å². The Kier molecular flexibility index (Phi) is 6.51. The number of benzene rings is 1. The molecule has 188 valence electrons. The van der Waals surface area contributed by atoms with Crippen LogP contribution in [0.1, 0.15) is 37.3 Å². The summed E-state index contributed by atoms with van der Waals surface area (Å²) < 4.78 is 6.76. The van der Waals surface area contributed by atoms with Crippen LogP contribution in [0, 0.1) is 20.8 Å². The summed E-state index contributed by atoms with van der Waals surface area (Å²) in [5, 5.41) is 19.1. The Morgan fingerprint density at radius 3 is 2.65 bits per heavy atom. The van der Waals surface area contributed by atoms with Crippen LogP contribution < -0.4 is 10.6 Å². The van der Waals surface area contributed by atoms with E-state index in [9.17, 15) is 9.59 Å². The summed E-state index contributed by atoms with van der Waals surface area (Å²) in [7, 11) is 0. The minimum Gasteiger partial charge on any atom is -0.395 e. The number of imidazole rings is 1. The maximum absolute atomic E-state index is 13.3. The normalized spacial score (nSPS) is 11.1. The van der Waals surface area contributed by atoms with Crippen LogP contribution >= 0.6 is 11.3 Å². The molecule has 0 bridgehead atoms. The zero-order valence-corrected chi connectivity index (χ0v) is 21.1. The van der Waals surface area contributed by atoms with Crippen LogP contribution in [-0.2, 0) is 0 Å². The number of aromatic nitrogens is 5. The molecule has 0 fully saturated rings. The van der Waals surface area contributed by atoms with E-state index in [1.807, 2.05) is 25.1 Å². The van der Waals surface area contributed by atoms with Gasteiger partial charge in [0.25, 0.3) is 11.8 Å². The molecule has 0 saturated carbocycles. The number of aliphatic hydroxyl groups is 1. The van der Waals surface area contributed by atoms with Crippen molar-refractivity contribution in [1.29, 1.82) is 0 Å². The Bertz CT molecular complexity index is 1640. The molecule has 0 atom stereocenters. The first-order valence-electron chi connectivity index (χ1n) is 11.4. The smallest absolute Gasteiger partial charge is 0.274 e. The predicted octanol–water partition coefficient (Wildman–Crippen LogP) is 3.41. The van der Waals surface area contributed by atoms with Crippen LogP contribution in [0.4, 0.5) is 5.69 Å². The number of aliphatic hydroxyl groups excluding tert-OH is 1. The van der Waals surface area contributed by atoms with Gasteiger partial charge in [0.05, 0.1) is 18.5 Å². The third kappa shape index (κ3) is 4.84. The number of hydrogen-bond donors (Lipinski definition) is 3. The molecule has 0 aliphatic rings. The van der Waals surface area contributed by atoms with E-state index < -0.39 is 0 Å². The highest BCUT2D eigenvalue weighted by molar-refractivity contribution is 7.17. The Morgan fingerprint density at radius 1 is 1.08 bits per heavy atom. The number of carbonyl (C=O) groups excluding carboxylic acids is 2. The summed E-state index contributed by atoms with van der Waals surface area (Å²) in [5.74, 6) is 0.271. The number of nitrogens with one attached hydrogen (secondary N) is 2. The lowest BCUT2D eigenvalue weighted by molar-refractivity contribution is 0.0947. The third-order valence-electron chi connectivity index (χ3n) is 5.66. The Balaban J connectivity index is 1.43. The van der Waals surface area contributed by atoms with Gasteiger partial charge in [-0.05, 0) is 37.6 Å². The van der Waals surface area contributed by atoms with Gasteiger partial charge in [-0.15, -0.1) is 11.3 Å². The van der Waals surface area contributed by atoms with E-state index in [-0.39, 0.29) is 25.0 Å². The number of nitrogens with zero attached hydrogens (tertiary/aromatic N) is 5. The van der Waals surface area contributed by atoms with Crippen molar-refractivity contribution in [2.24, 2.45) is 0 Å². The molecule has 0 saturated heterocycles. The van der Waals surface area contributed by atoms with Gasteiger partial charge in [-0.3, -0.25) is 14.0 Å². The lowest BCUT2D eigenvalue weighted by Gasteiger charge is -2.10. The zero-order chi connectivity index (χ0) is 26.1. The summed E-state index contributed by atoms with van der Waals surface area (Å²) in [6.07, 6.45) is 3.29. The Morgan fingerprint density at radius 2 is 1.89 bits per heavy atom. The van der Waals surface area contributed by atoms with Crippen molar-refractivity contribution in [2.75, 3.05) is 18.5 Å². The number of pyridine rings is 1. The molecule has 5 rings (SSSR count). The van der Waals surface area contributed by atoms with E-state index in [0.29, 0.717) is 44.3 Å². The molecule has 11 nitrogen and oxygen atoms in total. The lowest BCUT2D eigenvalue weighted by Crippen LogP contribution is -2.26. The fourth-order valence-corrected chi connectivity index (χ4v) is 4.73. The number of aryl methyl sites for hydroxylation is 3. The van der Waals surface area contributed by atoms with Crippen molar-refractivity contribution in [1.82, 2.24) is 29.8 Å². The van der Waals surface area contributed by atoms with Crippen LogP contribution in [-0.4, -0.2) is 54.6 Å². The van der Waals surface area contributed by atoms with Crippen LogP contribution in [0.15, 0.2) is 47.2 Å². The highest BCUT2D eigenvalue weighted by Gasteiger charge is 2.19. The molecule has 37 heavy (non-hydrogen) atoms. The summed E-state index contributed by atoms with van der Waals surface area (Å²) in [5.41, 5.74) is 4.46. The Hall–Kier alpha value is -4.42. The number of fused-ring (bicyclic) bond motifs is 1. The van der Waals surface area contributed by atoms with Crippen molar-refractivity contribution < 1.29 is 19.2 Å². The highest BCUT2D eigenvalue weighted by atomic mass is 32.1. The van der Waals surface area contributed by atoms with E-state index in [2.05, 4.69) is 30.7 Å². The van der Waals surface area contributed by atoms with Gasteiger partial charge in [-0.25, -0.2) is 9.97 Å². The van der Waals surface area contributed by atoms with Crippen molar-refractivity contribution in [3.8, 4) is 22.0 Å². The number of anilines is 1. The van der Waals surface area contributed by atoms with Gasteiger partial charge in [0.15, 0.2) is 0 Å². The molecule has 3 N–H and O–H groups in total. The number of hydrogen-bond acceptors (Lipinski definition) is 9. The molecule has 0 unspecified atom stereocenters. The maximum Gasteiger partial charge on any atom is 0.274 e. The number of carbonyl (C=O) groups is 2. The van der Waals surface area contributed by atoms with Gasteiger partial charge < -0.3 is 20.3 Å². The molecule has 5 aromatic rings. The molecule has 0 radical (unpaired) electrons. The van der Waals surface area contributed by atoms with Crippen LogP contribution in [0.5, 0.6) is 0 Å². The first kappa shape index (κ1) is 24.3. The quantitative estimate of drug-likeness (QED) is 0.298. The van der Waals surface area contributed by atoms with Gasteiger partial charge in [0.1, 0.15) is 21.2 Å². The van der Waals surface area contributed by atoms with Gasteiger partial charge in [0.2, 0.25) is 11.7 Å². The maximum atomic E-state index is 13.3. The third-order valence-corrected chi connectivity index (χ3v) is 6.86. The van der Waals surface area contributed by atoms with Crippen LogP contribution in [0.25, 0.3) is 27.6 Å². The molecule has 1 aromatic carbocycles. The molecule has 0 spiro atoms. The fraction of sp³-hybridized carbons (Fsp3) is 0.200. The number of amides is 2. The van der Waals surface area contributed by atoms with Gasteiger partial charge in [0, 0.05) is 36.5 Å². The standard InChI is InChI=1S/C25H23N7O4S/c1-13-4-5-16(22-29-15(3)36-31-22)10-18(13)30-23(34)19-11-27-20-7-6-17(12-32(19)20)25-28-14(2)21(37-25)24(35)26-8-9-33/h4-7,10-12,33H,8-9H2,1-3H3,(H,26,35)(H,30,34). The van der Waals surface area contributed by atoms with Gasteiger partial charge >= 0.3 is 0 Å². The molecule has 4 aromatic heterocycles. The second kappa shape index (κ2) is 9.91.